The van der Waals surface area contributed by atoms with Crippen LogP contribution < -0.4 is 14.9 Å². The zero-order valence-electron chi connectivity index (χ0n) is 22.6. The molecular formula is C29H40FN3O5S. The van der Waals surface area contributed by atoms with E-state index in [1.54, 1.807) is 6.07 Å². The van der Waals surface area contributed by atoms with Gasteiger partial charge in [-0.3, -0.25) is 9.10 Å². The topological polar surface area (TPSA) is 108 Å². The van der Waals surface area contributed by atoms with Gasteiger partial charge in [0, 0.05) is 32.3 Å². The van der Waals surface area contributed by atoms with E-state index in [1.165, 1.54) is 6.07 Å². The van der Waals surface area contributed by atoms with Crippen molar-refractivity contribution in [3.63, 3.8) is 0 Å². The van der Waals surface area contributed by atoms with Crippen molar-refractivity contribution in [3.8, 4) is 0 Å². The Morgan fingerprint density at radius 2 is 1.90 bits per heavy atom. The van der Waals surface area contributed by atoms with Crippen LogP contribution in [0.4, 0.5) is 10.1 Å². The van der Waals surface area contributed by atoms with Crippen LogP contribution in [-0.2, 0) is 27.6 Å². The number of ether oxygens (including phenoxy) is 1. The lowest BCUT2D eigenvalue weighted by Crippen LogP contribution is -2.50. The van der Waals surface area contributed by atoms with Crippen molar-refractivity contribution in [3.05, 3.63) is 65.0 Å². The van der Waals surface area contributed by atoms with E-state index < -0.39 is 33.9 Å². The molecule has 8 nitrogen and oxygen atoms in total. The Kier molecular flexibility index (Phi) is 10.3. The van der Waals surface area contributed by atoms with Crippen molar-refractivity contribution in [1.29, 1.82) is 0 Å². The van der Waals surface area contributed by atoms with E-state index in [4.69, 9.17) is 4.74 Å². The number of amides is 1. The minimum absolute atomic E-state index is 0.0442. The van der Waals surface area contributed by atoms with Crippen LogP contribution >= 0.6 is 0 Å². The van der Waals surface area contributed by atoms with Gasteiger partial charge in [0.25, 0.3) is 5.91 Å². The summed E-state index contributed by atoms with van der Waals surface area (Å²) in [5.41, 5.74) is 1.33. The molecule has 2 aromatic rings. The van der Waals surface area contributed by atoms with E-state index in [-0.39, 0.29) is 36.1 Å². The normalized spacial score (nSPS) is 19.4. The molecule has 0 aliphatic carbocycles. The number of anilines is 1. The van der Waals surface area contributed by atoms with Crippen LogP contribution in [-0.4, -0.2) is 69.7 Å². The van der Waals surface area contributed by atoms with Gasteiger partial charge in [-0.25, -0.2) is 12.8 Å². The Labute approximate surface area is 231 Å². The molecule has 0 saturated carbocycles. The number of rotatable bonds is 11. The lowest BCUT2D eigenvalue weighted by molar-refractivity contribution is 0.0656. The largest absolute Gasteiger partial charge is 0.390 e. The highest BCUT2D eigenvalue weighted by molar-refractivity contribution is 7.92. The fraction of sp³-hybridized carbons (Fsp3) is 0.552. The molecule has 2 aromatic carbocycles. The Hall–Kier alpha value is -2.53. The van der Waals surface area contributed by atoms with Gasteiger partial charge in [0.15, 0.2) is 5.82 Å². The molecule has 2 fully saturated rings. The van der Waals surface area contributed by atoms with Gasteiger partial charge in [-0.15, -0.1) is 0 Å². The molecule has 0 spiro atoms. The fourth-order valence-corrected chi connectivity index (χ4v) is 6.86. The highest BCUT2D eigenvalue weighted by Crippen LogP contribution is 2.30. The summed E-state index contributed by atoms with van der Waals surface area (Å²) >= 11 is 0. The number of sulfonamides is 1. The van der Waals surface area contributed by atoms with Crippen LogP contribution in [0, 0.1) is 5.82 Å². The molecule has 0 unspecified atom stereocenters. The summed E-state index contributed by atoms with van der Waals surface area (Å²) in [6.07, 6.45) is 3.61. The number of benzene rings is 2. The molecule has 0 radical (unpaired) electrons. The first kappa shape index (κ1) is 29.5. The predicted molar refractivity (Wildman–Crippen MR) is 150 cm³/mol. The van der Waals surface area contributed by atoms with E-state index in [0.717, 1.165) is 29.1 Å². The highest BCUT2D eigenvalue weighted by Gasteiger charge is 2.32. The summed E-state index contributed by atoms with van der Waals surface area (Å²) in [5.74, 6) is -1.57. The highest BCUT2D eigenvalue weighted by atomic mass is 32.2. The maximum Gasteiger partial charge on any atom is 0.254 e. The van der Waals surface area contributed by atoms with Gasteiger partial charge in [-0.1, -0.05) is 43.7 Å². The number of hydrogen-bond acceptors (Lipinski definition) is 6. The van der Waals surface area contributed by atoms with Gasteiger partial charge in [0.05, 0.1) is 29.1 Å². The third-order valence-electron chi connectivity index (χ3n) is 7.43. The maximum atomic E-state index is 15.9. The molecule has 4 rings (SSSR count). The third kappa shape index (κ3) is 7.78. The maximum absolute atomic E-state index is 15.9. The van der Waals surface area contributed by atoms with E-state index in [2.05, 4.69) is 10.6 Å². The van der Waals surface area contributed by atoms with Crippen LogP contribution in [0.15, 0.2) is 42.5 Å². The first-order valence-electron chi connectivity index (χ1n) is 13.9. The van der Waals surface area contributed by atoms with Crippen molar-refractivity contribution < 1.29 is 27.4 Å². The van der Waals surface area contributed by atoms with E-state index >= 15 is 4.39 Å². The second-order valence-electron chi connectivity index (χ2n) is 10.5. The fourth-order valence-electron chi connectivity index (χ4n) is 5.24. The molecule has 2 saturated heterocycles. The summed E-state index contributed by atoms with van der Waals surface area (Å²) in [4.78, 5) is 13.6. The quantitative estimate of drug-likeness (QED) is 0.389. The Bertz CT molecular complexity index is 1200. The van der Waals surface area contributed by atoms with Crippen molar-refractivity contribution in [1.82, 2.24) is 10.6 Å². The zero-order valence-corrected chi connectivity index (χ0v) is 23.4. The first-order valence-corrected chi connectivity index (χ1v) is 15.6. The monoisotopic (exact) mass is 561 g/mol. The van der Waals surface area contributed by atoms with Gasteiger partial charge in [-0.05, 0) is 61.8 Å². The number of nitrogens with zero attached hydrogens (tertiary/aromatic N) is 1. The standard InChI is InChI=1S/C29H40FN3O5S/c1-2-8-22-17-24(28(30)26(19-22)33-13-6-7-16-39(33,36)37)29(35)32-25(18-21-9-4-3-5-10-21)27(34)20-31-23-11-14-38-15-12-23/h3-5,9-10,17,19,23,25,27,31,34H,2,6-8,11-16,18,20H2,1H3,(H,32,35)/t25-,27+/m0/s1. The van der Waals surface area contributed by atoms with Crippen LogP contribution in [0.1, 0.15) is 60.5 Å². The van der Waals surface area contributed by atoms with Gasteiger partial charge in [0.2, 0.25) is 10.0 Å². The second kappa shape index (κ2) is 13.7. The second-order valence-corrected chi connectivity index (χ2v) is 12.5. The molecule has 39 heavy (non-hydrogen) atoms. The van der Waals surface area contributed by atoms with Crippen LogP contribution in [0.3, 0.4) is 0 Å². The number of aliphatic hydroxyl groups excluding tert-OH is 1. The minimum Gasteiger partial charge on any atom is -0.390 e. The summed E-state index contributed by atoms with van der Waals surface area (Å²) in [5, 5.41) is 17.4. The molecule has 0 bridgehead atoms. The van der Waals surface area contributed by atoms with Crippen LogP contribution in [0.2, 0.25) is 0 Å². The molecule has 10 heteroatoms. The molecular weight excluding hydrogens is 521 g/mol. The van der Waals surface area contributed by atoms with Crippen molar-refractivity contribution >= 4 is 21.6 Å². The summed E-state index contributed by atoms with van der Waals surface area (Å²) < 4.78 is 47.9. The Morgan fingerprint density at radius 1 is 1.15 bits per heavy atom. The molecule has 0 aromatic heterocycles. The number of halogens is 1. The van der Waals surface area contributed by atoms with Gasteiger partial charge in [0.1, 0.15) is 0 Å². The minimum atomic E-state index is -3.66. The van der Waals surface area contributed by atoms with Crippen LogP contribution in [0.25, 0.3) is 0 Å². The summed E-state index contributed by atoms with van der Waals surface area (Å²) in [7, 11) is -3.66. The SMILES string of the molecule is CCCc1cc(C(=O)N[C@@H](Cc2ccccc2)[C@H](O)CNC2CCOCC2)c(F)c(N2CCCCS2(=O)=O)c1. The first-order chi connectivity index (χ1) is 18.8. The lowest BCUT2D eigenvalue weighted by atomic mass is 9.99. The number of carbonyl (C=O) groups is 1. The third-order valence-corrected chi connectivity index (χ3v) is 9.29. The lowest BCUT2D eigenvalue weighted by Gasteiger charge is -2.30. The van der Waals surface area contributed by atoms with Gasteiger partial charge in [-0.2, -0.15) is 0 Å². The average molecular weight is 562 g/mol. The molecule has 2 aliphatic rings. The molecule has 3 N–H and O–H groups in total. The van der Waals surface area contributed by atoms with E-state index in [1.807, 2.05) is 37.3 Å². The number of hydrogen-bond donors (Lipinski definition) is 3. The van der Waals surface area contributed by atoms with Crippen molar-refractivity contribution in [2.75, 3.05) is 36.4 Å². The number of nitrogens with one attached hydrogen (secondary N) is 2. The zero-order chi connectivity index (χ0) is 27.8. The smallest absolute Gasteiger partial charge is 0.254 e. The molecule has 214 valence electrons. The molecule has 1 amide bonds. The number of carbonyl (C=O) groups excluding carboxylic acids is 1. The van der Waals surface area contributed by atoms with Gasteiger partial charge >= 0.3 is 0 Å². The molecule has 2 heterocycles. The van der Waals surface area contributed by atoms with Crippen molar-refractivity contribution in [2.45, 2.75) is 70.1 Å². The van der Waals surface area contributed by atoms with Crippen LogP contribution in [0.5, 0.6) is 0 Å². The molecule has 2 aliphatic heterocycles. The Morgan fingerprint density at radius 3 is 2.59 bits per heavy atom. The Balaban J connectivity index is 1.59. The molecule has 2 atom stereocenters. The predicted octanol–water partition coefficient (Wildman–Crippen LogP) is 3.18. The number of aliphatic hydroxyl groups is 1. The average Bonchev–Trinajstić information content (AvgIpc) is 2.93. The summed E-state index contributed by atoms with van der Waals surface area (Å²) in [6.45, 7) is 3.75. The summed E-state index contributed by atoms with van der Waals surface area (Å²) in [6, 6.07) is 12.1. The van der Waals surface area contributed by atoms with E-state index in [0.29, 0.717) is 44.5 Å². The number of aryl methyl sites for hydroxylation is 1. The van der Waals surface area contributed by atoms with E-state index in [9.17, 15) is 18.3 Å². The van der Waals surface area contributed by atoms with Gasteiger partial charge < -0.3 is 20.5 Å². The van der Waals surface area contributed by atoms with Crippen molar-refractivity contribution in [2.24, 2.45) is 0 Å².